The van der Waals surface area contributed by atoms with E-state index in [2.05, 4.69) is 0 Å². The molecule has 0 aliphatic heterocycles. The maximum atomic E-state index is 0. The van der Waals surface area contributed by atoms with Crippen molar-refractivity contribution in [3.63, 3.8) is 0 Å². The Kier molecular flexibility index (Phi) is 146. The molecule has 0 aromatic heterocycles. The monoisotopic (exact) mass is 237 g/mol. The molecule has 0 atom stereocenters. The van der Waals surface area contributed by atoms with Crippen molar-refractivity contribution in [3.8, 4) is 0 Å². The van der Waals surface area contributed by atoms with Gasteiger partial charge >= 0.3 is 0 Å². The first-order valence-electron chi connectivity index (χ1n) is 0. The zero-order valence-electron chi connectivity index (χ0n) is 1.15. The largest absolute Gasteiger partial charge is 0.187 e. The summed E-state index contributed by atoms with van der Waals surface area (Å²) in [5.74, 6) is 0. The first-order chi connectivity index (χ1) is 0. The van der Waals surface area contributed by atoms with E-state index in [1.807, 2.05) is 0 Å². The molecule has 0 rings (SSSR count). The molecular formula is H3AlCoNiZr. The van der Waals surface area contributed by atoms with Crippen LogP contribution in [0.25, 0.3) is 0 Å². The van der Waals surface area contributed by atoms with Gasteiger partial charge < -0.3 is 0 Å². The van der Waals surface area contributed by atoms with Crippen LogP contribution in [0.5, 0.6) is 0 Å². The normalized spacial score (nSPS) is 0. The summed E-state index contributed by atoms with van der Waals surface area (Å²) in [7, 11) is 0. The maximum Gasteiger partial charge on any atom is 0.187 e. The van der Waals surface area contributed by atoms with Gasteiger partial charge in [-0.25, -0.2) is 0 Å². The molecule has 0 aromatic carbocycles. The van der Waals surface area contributed by atoms with E-state index in [-0.39, 0.29) is 76.8 Å². The third-order valence-corrected chi connectivity index (χ3v) is 0. The molecule has 4 heteroatoms. The van der Waals surface area contributed by atoms with E-state index < -0.39 is 0 Å². The van der Waals surface area contributed by atoms with Crippen LogP contribution >= 0.6 is 0 Å². The van der Waals surface area contributed by atoms with E-state index in [0.29, 0.717) is 0 Å². The molecule has 0 amide bonds. The van der Waals surface area contributed by atoms with E-state index >= 15 is 0 Å². The second-order valence-electron chi connectivity index (χ2n) is 0. The molecule has 0 unspecified atom stereocenters. The van der Waals surface area contributed by atoms with E-state index in [0.717, 1.165) is 0 Å². The summed E-state index contributed by atoms with van der Waals surface area (Å²) in [5.41, 5.74) is 0. The van der Waals surface area contributed by atoms with Crippen LogP contribution < -0.4 is 0 Å². The van der Waals surface area contributed by atoms with E-state index in [9.17, 15) is 0 Å². The Hall–Kier alpha value is 2.42. The molecule has 1 radical (unpaired) electrons. The van der Waals surface area contributed by atoms with E-state index in [1.54, 1.807) is 0 Å². The van der Waals surface area contributed by atoms with Gasteiger partial charge in [0.2, 0.25) is 0 Å². The molecule has 0 aromatic rings. The summed E-state index contributed by atoms with van der Waals surface area (Å²) >= 11 is 0. The van der Waals surface area contributed by atoms with Crippen LogP contribution in [0, 0.1) is 0 Å². The predicted octanol–water partition coefficient (Wildman–Crippen LogP) is -1.19. The molecule has 0 bridgehead atoms. The molecule has 0 fully saturated rings. The smallest absolute Gasteiger partial charge is 0 e. The molecule has 4 heavy (non-hydrogen) atoms. The Morgan fingerprint density at radius 2 is 1.00 bits per heavy atom. The number of rotatable bonds is 0. The SMILES string of the molecule is [AlH3].[Co].[Ni].[Zr]. The Labute approximate surface area is 75.9 Å². The minimum Gasteiger partial charge on any atom is 0 e. The van der Waals surface area contributed by atoms with Gasteiger partial charge in [0.15, 0.2) is 17.4 Å². The average molecular weight is 239 g/mol. The van der Waals surface area contributed by atoms with Crippen LogP contribution in [0.3, 0.4) is 0 Å². The molecule has 0 aliphatic carbocycles. The van der Waals surface area contributed by atoms with E-state index in [4.69, 9.17) is 0 Å². The number of hydrogen-bond acceptors (Lipinski definition) is 0. The fourth-order valence-corrected chi connectivity index (χ4v) is 0. The summed E-state index contributed by atoms with van der Waals surface area (Å²) in [6.07, 6.45) is 0. The average Bonchev–Trinajstić information content (AvgIpc) is 0. The summed E-state index contributed by atoms with van der Waals surface area (Å²) in [6.45, 7) is 0. The Balaban J connectivity index is 0. The minimum absolute atomic E-state index is 0. The van der Waals surface area contributed by atoms with Gasteiger partial charge in [0, 0.05) is 59.5 Å². The topological polar surface area (TPSA) is 0 Å². The molecule has 0 N–H and O–H groups in total. The summed E-state index contributed by atoms with van der Waals surface area (Å²) in [4.78, 5) is 0. The Morgan fingerprint density at radius 1 is 1.00 bits per heavy atom. The van der Waals surface area contributed by atoms with Crippen LogP contribution in [0.2, 0.25) is 0 Å². The quantitative estimate of drug-likeness (QED) is 0.466. The first-order valence-corrected chi connectivity index (χ1v) is 0. The minimum atomic E-state index is 0. The second kappa shape index (κ2) is 18.1. The zero-order chi connectivity index (χ0) is 0. The van der Waals surface area contributed by atoms with E-state index in [1.165, 1.54) is 0 Å². The Morgan fingerprint density at radius 3 is 1.00 bits per heavy atom. The van der Waals surface area contributed by atoms with Gasteiger partial charge in [0.05, 0.1) is 0 Å². The van der Waals surface area contributed by atoms with Gasteiger partial charge in [0.1, 0.15) is 0 Å². The van der Waals surface area contributed by atoms with Crippen LogP contribution in [-0.4, -0.2) is 17.4 Å². The molecule has 0 aliphatic rings. The fraction of sp³-hybridized carbons (Fsp3) is 0. The maximum absolute atomic E-state index is 0. The van der Waals surface area contributed by atoms with Gasteiger partial charge in [-0.1, -0.05) is 0 Å². The molecule has 0 spiro atoms. The van der Waals surface area contributed by atoms with Crippen LogP contribution in [0.15, 0.2) is 0 Å². The molecule has 0 heterocycles. The first kappa shape index (κ1) is 32.2. The summed E-state index contributed by atoms with van der Waals surface area (Å²) in [6, 6.07) is 0. The van der Waals surface area contributed by atoms with Crippen molar-refractivity contribution >= 4 is 17.4 Å². The van der Waals surface area contributed by atoms with Crippen LogP contribution in [0.1, 0.15) is 0 Å². The molecule has 0 saturated carbocycles. The third-order valence-electron chi connectivity index (χ3n) is 0. The van der Waals surface area contributed by atoms with Gasteiger partial charge in [-0.05, 0) is 0 Å². The molecule has 0 nitrogen and oxygen atoms in total. The van der Waals surface area contributed by atoms with Crippen molar-refractivity contribution in [3.05, 3.63) is 0 Å². The van der Waals surface area contributed by atoms with Crippen LogP contribution in [-0.2, 0) is 59.5 Å². The second-order valence-corrected chi connectivity index (χ2v) is 0. The van der Waals surface area contributed by atoms with Crippen LogP contribution in [0.4, 0.5) is 0 Å². The van der Waals surface area contributed by atoms with Gasteiger partial charge in [0.25, 0.3) is 0 Å². The molecule has 29 valence electrons. The predicted molar refractivity (Wildman–Crippen MR) is 9.94 cm³/mol. The zero-order valence-corrected chi connectivity index (χ0v) is 5.64. The van der Waals surface area contributed by atoms with Gasteiger partial charge in [-0.3, -0.25) is 0 Å². The van der Waals surface area contributed by atoms with Crippen molar-refractivity contribution in [2.24, 2.45) is 0 Å². The van der Waals surface area contributed by atoms with Crippen molar-refractivity contribution in [2.75, 3.05) is 0 Å². The van der Waals surface area contributed by atoms with Crippen molar-refractivity contribution in [2.45, 2.75) is 0 Å². The summed E-state index contributed by atoms with van der Waals surface area (Å²) < 4.78 is 0. The van der Waals surface area contributed by atoms with Crippen molar-refractivity contribution < 1.29 is 59.5 Å². The number of hydrogen-bond donors (Lipinski definition) is 0. The Bertz CT molecular complexity index is 8.00. The standard InChI is InChI=1S/Al.Co.Ni.Zr.3H. The van der Waals surface area contributed by atoms with Crippen molar-refractivity contribution in [1.29, 1.82) is 0 Å². The fourth-order valence-electron chi connectivity index (χ4n) is 0. The van der Waals surface area contributed by atoms with Crippen molar-refractivity contribution in [1.82, 2.24) is 0 Å². The molecule has 0 saturated heterocycles. The van der Waals surface area contributed by atoms with Gasteiger partial charge in [-0.2, -0.15) is 0 Å². The third kappa shape index (κ3) is 8.83. The summed E-state index contributed by atoms with van der Waals surface area (Å²) in [5, 5.41) is 0. The van der Waals surface area contributed by atoms with Gasteiger partial charge in [-0.15, -0.1) is 0 Å². The molecular weight excluding hydrogens is 236 g/mol.